The smallest absolute Gasteiger partial charge is 0.216 e. The van der Waals surface area contributed by atoms with E-state index in [9.17, 15) is 0 Å². The molecule has 4 aromatic heterocycles. The van der Waals surface area contributed by atoms with E-state index in [0.717, 1.165) is 89.2 Å². The molecule has 303 valence electrons. The largest absolute Gasteiger partial charge is 0.486 e. The summed E-state index contributed by atoms with van der Waals surface area (Å²) >= 11 is 0. The van der Waals surface area contributed by atoms with Gasteiger partial charge in [-0.2, -0.15) is 0 Å². The standard InChI is InChI=1S/C37H24N3O.C17H22NSi.Ir/c1-24-22-23-30-29-18-11-19-31(35(29)41-37(30)38-24)36-39-32-20-8-9-21-33(32)40(36)34-27(25-12-4-2-5-13-25)16-10-17-28(34)26-14-6-3-7-15-26;1-13(2)14-6-8-15(9-7-14)17-11-10-16(12-18-17)19(3,4)5;/h2-18,20-23H,1H3;6-8,10-13H,1-5H3;/q2*-1;/i;13D;. The summed E-state index contributed by atoms with van der Waals surface area (Å²) in [7, 11) is -1.29. The third kappa shape index (κ3) is 8.29. The number of furan rings is 1. The van der Waals surface area contributed by atoms with Crippen LogP contribution in [0.1, 0.15) is 32.4 Å². The van der Waals surface area contributed by atoms with Crippen molar-refractivity contribution in [2.75, 3.05) is 0 Å². The predicted molar refractivity (Wildman–Crippen MR) is 252 cm³/mol. The second kappa shape index (κ2) is 17.4. The van der Waals surface area contributed by atoms with Crippen molar-refractivity contribution >= 4 is 46.4 Å². The summed E-state index contributed by atoms with van der Waals surface area (Å²) in [4.78, 5) is 14.5. The van der Waals surface area contributed by atoms with E-state index in [1.165, 1.54) is 5.19 Å². The van der Waals surface area contributed by atoms with Crippen LogP contribution in [0.3, 0.4) is 0 Å². The molecule has 0 spiro atoms. The van der Waals surface area contributed by atoms with Gasteiger partial charge in [-0.1, -0.05) is 153 Å². The van der Waals surface area contributed by atoms with E-state index < -0.39 is 14.0 Å². The Hall–Kier alpha value is -6.24. The molecule has 0 aliphatic heterocycles. The SMILES string of the molecule is Cc1ccc2c(n1)oc1c(-c3nc4ccccc4n3-c3c(-c4ccccc4)cccc3-c3ccccc3)[c-]ccc12.[2H]C(C)(C)c1c[c-]c(-c2ccc([Si](C)(C)C)cn2)cc1.[Ir]. The van der Waals surface area contributed by atoms with E-state index >= 15 is 0 Å². The Morgan fingerprint density at radius 2 is 1.38 bits per heavy atom. The summed E-state index contributed by atoms with van der Waals surface area (Å²) in [6.45, 7) is 12.7. The molecule has 0 fully saturated rings. The molecule has 0 bridgehead atoms. The van der Waals surface area contributed by atoms with Crippen LogP contribution in [0.5, 0.6) is 0 Å². The van der Waals surface area contributed by atoms with Crippen molar-refractivity contribution in [3.05, 3.63) is 187 Å². The summed E-state index contributed by atoms with van der Waals surface area (Å²) in [6, 6.07) is 60.9. The van der Waals surface area contributed by atoms with Gasteiger partial charge >= 0.3 is 0 Å². The van der Waals surface area contributed by atoms with Crippen LogP contribution >= 0.6 is 0 Å². The Bertz CT molecular complexity index is 3040. The second-order valence-electron chi connectivity index (χ2n) is 16.4. The summed E-state index contributed by atoms with van der Waals surface area (Å²) < 4.78 is 16.7. The molecule has 1 radical (unpaired) electrons. The van der Waals surface area contributed by atoms with Crippen LogP contribution in [0.2, 0.25) is 19.6 Å². The molecule has 0 N–H and O–H groups in total. The zero-order valence-corrected chi connectivity index (χ0v) is 38.5. The van der Waals surface area contributed by atoms with E-state index in [2.05, 4.69) is 162 Å². The van der Waals surface area contributed by atoms with Crippen LogP contribution in [0, 0.1) is 19.1 Å². The summed E-state index contributed by atoms with van der Waals surface area (Å²) in [5.41, 5.74) is 13.5. The van der Waals surface area contributed by atoms with Gasteiger partial charge in [0.15, 0.2) is 0 Å². The molecule has 5 nitrogen and oxygen atoms in total. The molecule has 0 aliphatic carbocycles. The van der Waals surface area contributed by atoms with E-state index in [4.69, 9.17) is 10.8 Å². The van der Waals surface area contributed by atoms with Crippen LogP contribution in [0.4, 0.5) is 0 Å². The first-order valence-corrected chi connectivity index (χ1v) is 23.9. The molecule has 10 rings (SSSR count). The Kier molecular flexibility index (Phi) is 11.5. The van der Waals surface area contributed by atoms with Crippen molar-refractivity contribution in [1.29, 1.82) is 0 Å². The quantitative estimate of drug-likeness (QED) is 0.118. The average molecular weight is 988 g/mol. The second-order valence-corrected chi connectivity index (χ2v) is 21.4. The Morgan fingerprint density at radius 3 is 2.00 bits per heavy atom. The molecular weight excluding hydrogens is 941 g/mol. The number of nitrogens with zero attached hydrogens (tertiary/aromatic N) is 4. The molecule has 4 heterocycles. The van der Waals surface area contributed by atoms with Crippen molar-refractivity contribution in [2.45, 2.75) is 46.3 Å². The first-order valence-electron chi connectivity index (χ1n) is 20.9. The third-order valence-corrected chi connectivity index (χ3v) is 13.0. The van der Waals surface area contributed by atoms with Crippen molar-refractivity contribution < 1.29 is 25.9 Å². The van der Waals surface area contributed by atoms with E-state index in [1.807, 2.05) is 69.4 Å². The van der Waals surface area contributed by atoms with Gasteiger partial charge in [0.25, 0.3) is 0 Å². The molecule has 0 saturated heterocycles. The van der Waals surface area contributed by atoms with Crippen LogP contribution < -0.4 is 5.19 Å². The molecule has 10 aromatic rings. The molecule has 61 heavy (non-hydrogen) atoms. The summed E-state index contributed by atoms with van der Waals surface area (Å²) in [6.07, 6.45) is 2.00. The van der Waals surface area contributed by atoms with Crippen molar-refractivity contribution in [3.63, 3.8) is 0 Å². The van der Waals surface area contributed by atoms with Gasteiger partial charge in [-0.25, -0.2) is 4.98 Å². The predicted octanol–water partition coefficient (Wildman–Crippen LogP) is 13.6. The van der Waals surface area contributed by atoms with Crippen molar-refractivity contribution in [1.82, 2.24) is 19.5 Å². The number of aromatic nitrogens is 4. The summed E-state index contributed by atoms with van der Waals surface area (Å²) in [5.74, 6) is 0.192. The number of hydrogen-bond acceptors (Lipinski definition) is 4. The van der Waals surface area contributed by atoms with Gasteiger partial charge in [0.1, 0.15) is 0 Å². The van der Waals surface area contributed by atoms with Crippen molar-refractivity contribution in [3.8, 4) is 50.6 Å². The number of aryl methyl sites for hydroxylation is 1. The number of fused-ring (bicyclic) bond motifs is 4. The monoisotopic (exact) mass is 988 g/mol. The number of para-hydroxylation sites is 3. The van der Waals surface area contributed by atoms with Crippen LogP contribution in [-0.2, 0) is 20.1 Å². The zero-order valence-electron chi connectivity index (χ0n) is 36.1. The maximum absolute atomic E-state index is 8.01. The van der Waals surface area contributed by atoms with Gasteiger partial charge in [-0.3, -0.25) is 4.98 Å². The fraction of sp³-hybridized carbons (Fsp3) is 0.130. The molecule has 0 atom stereocenters. The molecule has 6 aromatic carbocycles. The van der Waals surface area contributed by atoms with E-state index in [1.54, 1.807) is 0 Å². The number of benzene rings is 6. The van der Waals surface area contributed by atoms with Gasteiger partial charge in [0, 0.05) is 49.9 Å². The van der Waals surface area contributed by atoms with Crippen LogP contribution in [0.25, 0.3) is 83.7 Å². The Labute approximate surface area is 374 Å². The number of pyridine rings is 2. The van der Waals surface area contributed by atoms with Gasteiger partial charge < -0.3 is 14.0 Å². The number of hydrogen-bond donors (Lipinski definition) is 0. The normalized spacial score (nSPS) is 11.9. The minimum Gasteiger partial charge on any atom is -0.486 e. The molecule has 0 unspecified atom stereocenters. The van der Waals surface area contributed by atoms with Gasteiger partial charge in [0.05, 0.1) is 36.2 Å². The maximum atomic E-state index is 8.01. The first kappa shape index (κ1) is 40.2. The fourth-order valence-electron chi connectivity index (χ4n) is 7.68. The third-order valence-electron chi connectivity index (χ3n) is 10.9. The average Bonchev–Trinajstić information content (AvgIpc) is 3.85. The minimum atomic E-state index is -1.29. The molecule has 0 amide bonds. The number of rotatable bonds is 7. The minimum absolute atomic E-state index is 0. The van der Waals surface area contributed by atoms with Gasteiger partial charge in [-0.15, -0.1) is 53.6 Å². The Balaban J connectivity index is 0.000000214. The Morgan fingerprint density at radius 1 is 0.689 bits per heavy atom. The van der Waals surface area contributed by atoms with Gasteiger partial charge in [0.2, 0.25) is 5.71 Å². The maximum Gasteiger partial charge on any atom is 0.216 e. The number of imidazole rings is 1. The zero-order chi connectivity index (χ0) is 42.3. The fourth-order valence-corrected chi connectivity index (χ4v) is 8.71. The first-order chi connectivity index (χ1) is 29.4. The molecular formula is C54H46IrN4OSi-2. The molecule has 7 heteroatoms. The van der Waals surface area contributed by atoms with Crippen molar-refractivity contribution in [2.24, 2.45) is 0 Å². The van der Waals surface area contributed by atoms with Crippen LogP contribution in [0.15, 0.2) is 168 Å². The van der Waals surface area contributed by atoms with E-state index in [-0.39, 0.29) is 20.1 Å². The summed E-state index contributed by atoms with van der Waals surface area (Å²) in [5, 5.41) is 3.35. The van der Waals surface area contributed by atoms with E-state index in [0.29, 0.717) is 5.71 Å². The molecule has 0 aliphatic rings. The van der Waals surface area contributed by atoms with Gasteiger partial charge in [-0.05, 0) is 53.2 Å². The molecule has 0 saturated carbocycles. The topological polar surface area (TPSA) is 56.7 Å². The van der Waals surface area contributed by atoms with Crippen LogP contribution in [-0.4, -0.2) is 27.6 Å².